The van der Waals surface area contributed by atoms with Gasteiger partial charge in [-0.1, -0.05) is 32.9 Å². The number of amides is 1. The van der Waals surface area contributed by atoms with E-state index < -0.39 is 0 Å². The second kappa shape index (κ2) is 7.13. The summed E-state index contributed by atoms with van der Waals surface area (Å²) in [4.78, 5) is 17.0. The number of ether oxygens (including phenoxy) is 1. The number of carbonyl (C=O) groups excluding carboxylic acids is 1. The highest BCUT2D eigenvalue weighted by atomic mass is 16.5. The van der Waals surface area contributed by atoms with Crippen LogP contribution in [0, 0.1) is 5.41 Å². The summed E-state index contributed by atoms with van der Waals surface area (Å²) < 4.78 is 11.1. The number of carbonyl (C=O) groups is 1. The molecular weight excluding hydrogens is 316 g/mol. The first kappa shape index (κ1) is 17.3. The number of hydrogen-bond donors (Lipinski definition) is 1. The van der Waals surface area contributed by atoms with E-state index >= 15 is 0 Å². The van der Waals surface area contributed by atoms with E-state index in [1.807, 2.05) is 36.4 Å². The number of hydrogen-bond acceptors (Lipinski definition) is 4. The van der Waals surface area contributed by atoms with Crippen LogP contribution >= 0.6 is 0 Å². The van der Waals surface area contributed by atoms with Crippen LogP contribution in [-0.4, -0.2) is 24.5 Å². The van der Waals surface area contributed by atoms with Crippen molar-refractivity contribution in [2.24, 2.45) is 10.4 Å². The van der Waals surface area contributed by atoms with E-state index in [1.165, 1.54) is 0 Å². The predicted octanol–water partition coefficient (Wildman–Crippen LogP) is 4.04. The summed E-state index contributed by atoms with van der Waals surface area (Å²) in [5.41, 5.74) is 1.59. The third-order valence-electron chi connectivity index (χ3n) is 4.26. The number of benzene rings is 1. The first-order valence-electron chi connectivity index (χ1n) is 8.56. The maximum atomic E-state index is 12.3. The van der Waals surface area contributed by atoms with Gasteiger partial charge in [-0.2, -0.15) is 0 Å². The molecule has 1 aliphatic heterocycles. The molecule has 2 heterocycles. The Morgan fingerprint density at radius 2 is 2.04 bits per heavy atom. The Morgan fingerprint density at radius 1 is 1.24 bits per heavy atom. The van der Waals surface area contributed by atoms with Crippen LogP contribution in [0.25, 0.3) is 0 Å². The molecule has 25 heavy (non-hydrogen) atoms. The molecule has 0 bridgehead atoms. The number of aliphatic imine (C=N–C) groups is 1. The molecule has 5 nitrogen and oxygen atoms in total. The molecule has 0 spiro atoms. The number of furan rings is 1. The molecule has 2 aromatic rings. The van der Waals surface area contributed by atoms with Crippen LogP contribution in [0.1, 0.15) is 38.5 Å². The Kier molecular flexibility index (Phi) is 4.93. The molecule has 1 atom stereocenters. The van der Waals surface area contributed by atoms with Gasteiger partial charge in [-0.25, -0.2) is 4.99 Å². The molecule has 1 aliphatic rings. The Labute approximate surface area is 148 Å². The lowest BCUT2D eigenvalue weighted by atomic mass is 9.88. The zero-order chi connectivity index (χ0) is 17.9. The predicted molar refractivity (Wildman–Crippen MR) is 97.8 cm³/mol. The second-order valence-electron chi connectivity index (χ2n) is 7.30. The SMILES string of the molecule is CC(C)(C)[C@H]1COC(c2ccccc2NC(=O)CCc2ccco2)=N1. The third kappa shape index (κ3) is 4.29. The average Bonchev–Trinajstić information content (AvgIpc) is 3.25. The summed E-state index contributed by atoms with van der Waals surface area (Å²) in [6.07, 6.45) is 2.55. The minimum absolute atomic E-state index is 0.0446. The number of para-hydroxylation sites is 1. The lowest BCUT2D eigenvalue weighted by Gasteiger charge is -2.21. The number of anilines is 1. The minimum atomic E-state index is -0.0604. The van der Waals surface area contributed by atoms with Crippen molar-refractivity contribution in [2.75, 3.05) is 11.9 Å². The van der Waals surface area contributed by atoms with Crippen LogP contribution in [-0.2, 0) is 16.0 Å². The molecule has 0 fully saturated rings. The van der Waals surface area contributed by atoms with Crippen LogP contribution in [0.3, 0.4) is 0 Å². The van der Waals surface area contributed by atoms with Gasteiger partial charge in [0.25, 0.3) is 0 Å². The Bertz CT molecular complexity index is 757. The Hall–Kier alpha value is -2.56. The van der Waals surface area contributed by atoms with Gasteiger partial charge in [0.1, 0.15) is 12.4 Å². The molecule has 132 valence electrons. The van der Waals surface area contributed by atoms with E-state index in [-0.39, 0.29) is 17.4 Å². The summed E-state index contributed by atoms with van der Waals surface area (Å²) >= 11 is 0. The maximum Gasteiger partial charge on any atom is 0.224 e. The molecule has 1 aromatic heterocycles. The fraction of sp³-hybridized carbons (Fsp3) is 0.400. The van der Waals surface area contributed by atoms with Gasteiger partial charge in [0.15, 0.2) is 0 Å². The summed E-state index contributed by atoms with van der Waals surface area (Å²) in [5.74, 6) is 1.34. The first-order valence-corrected chi connectivity index (χ1v) is 8.56. The molecular formula is C20H24N2O3. The summed E-state index contributed by atoms with van der Waals surface area (Å²) in [7, 11) is 0. The van der Waals surface area contributed by atoms with Crippen molar-refractivity contribution in [3.63, 3.8) is 0 Å². The van der Waals surface area contributed by atoms with Gasteiger partial charge in [-0.15, -0.1) is 0 Å². The topological polar surface area (TPSA) is 63.8 Å². The largest absolute Gasteiger partial charge is 0.475 e. The van der Waals surface area contributed by atoms with Crippen molar-refractivity contribution >= 4 is 17.5 Å². The molecule has 0 saturated carbocycles. The zero-order valence-corrected chi connectivity index (χ0v) is 14.9. The smallest absolute Gasteiger partial charge is 0.224 e. The van der Waals surface area contributed by atoms with Crippen molar-refractivity contribution in [3.05, 3.63) is 54.0 Å². The lowest BCUT2D eigenvalue weighted by Crippen LogP contribution is -2.25. The van der Waals surface area contributed by atoms with Gasteiger partial charge in [0.05, 0.1) is 23.6 Å². The lowest BCUT2D eigenvalue weighted by molar-refractivity contribution is -0.116. The molecule has 0 saturated heterocycles. The van der Waals surface area contributed by atoms with Gasteiger partial charge in [0, 0.05) is 12.8 Å². The first-order chi connectivity index (χ1) is 11.9. The minimum Gasteiger partial charge on any atom is -0.475 e. The summed E-state index contributed by atoms with van der Waals surface area (Å²) in [6, 6.07) is 11.4. The Morgan fingerprint density at radius 3 is 2.72 bits per heavy atom. The van der Waals surface area contributed by atoms with Gasteiger partial charge < -0.3 is 14.5 Å². The molecule has 1 N–H and O–H groups in total. The van der Waals surface area contributed by atoms with Crippen LogP contribution in [0.15, 0.2) is 52.1 Å². The zero-order valence-electron chi connectivity index (χ0n) is 14.9. The van der Waals surface area contributed by atoms with Gasteiger partial charge in [0.2, 0.25) is 11.8 Å². The van der Waals surface area contributed by atoms with Crippen LogP contribution in [0.5, 0.6) is 0 Å². The van der Waals surface area contributed by atoms with Crippen LogP contribution in [0.4, 0.5) is 5.69 Å². The third-order valence-corrected chi connectivity index (χ3v) is 4.26. The van der Waals surface area contributed by atoms with Crippen LogP contribution < -0.4 is 5.32 Å². The highest BCUT2D eigenvalue weighted by Crippen LogP contribution is 2.29. The maximum absolute atomic E-state index is 12.3. The van der Waals surface area contributed by atoms with E-state index in [9.17, 15) is 4.79 Å². The van der Waals surface area contributed by atoms with Crippen molar-refractivity contribution < 1.29 is 13.9 Å². The highest BCUT2D eigenvalue weighted by Gasteiger charge is 2.31. The summed E-state index contributed by atoms with van der Waals surface area (Å²) in [6.45, 7) is 7.01. The molecule has 0 unspecified atom stereocenters. The Balaban J connectivity index is 1.70. The highest BCUT2D eigenvalue weighted by molar-refractivity contribution is 6.04. The molecule has 5 heteroatoms. The van der Waals surface area contributed by atoms with Crippen molar-refractivity contribution in [1.82, 2.24) is 0 Å². The van der Waals surface area contributed by atoms with E-state index in [4.69, 9.17) is 14.1 Å². The summed E-state index contributed by atoms with van der Waals surface area (Å²) in [5, 5.41) is 2.96. The van der Waals surface area contributed by atoms with E-state index in [0.29, 0.717) is 25.3 Å². The van der Waals surface area contributed by atoms with E-state index in [2.05, 4.69) is 26.1 Å². The molecule has 0 aliphatic carbocycles. The fourth-order valence-electron chi connectivity index (χ4n) is 2.65. The molecule has 1 aromatic carbocycles. The number of aryl methyl sites for hydroxylation is 1. The molecule has 0 radical (unpaired) electrons. The quantitative estimate of drug-likeness (QED) is 0.893. The number of rotatable bonds is 5. The van der Waals surface area contributed by atoms with E-state index in [0.717, 1.165) is 17.0 Å². The standard InChI is InChI=1S/C20H24N2O3/c1-20(2,3)17-13-25-19(22-17)15-8-4-5-9-16(15)21-18(23)11-10-14-7-6-12-24-14/h4-9,12,17H,10-11,13H2,1-3H3,(H,21,23)/t17-/m1/s1. The monoisotopic (exact) mass is 340 g/mol. The number of nitrogens with zero attached hydrogens (tertiary/aromatic N) is 1. The van der Waals surface area contributed by atoms with Crippen LogP contribution in [0.2, 0.25) is 0 Å². The number of nitrogens with one attached hydrogen (secondary N) is 1. The van der Waals surface area contributed by atoms with E-state index in [1.54, 1.807) is 6.26 Å². The van der Waals surface area contributed by atoms with Crippen molar-refractivity contribution in [2.45, 2.75) is 39.7 Å². The van der Waals surface area contributed by atoms with Gasteiger partial charge >= 0.3 is 0 Å². The molecule has 1 amide bonds. The fourth-order valence-corrected chi connectivity index (χ4v) is 2.65. The second-order valence-corrected chi connectivity index (χ2v) is 7.30. The molecule has 3 rings (SSSR count). The average molecular weight is 340 g/mol. The normalized spacial score (nSPS) is 17.1. The van der Waals surface area contributed by atoms with Crippen molar-refractivity contribution in [3.8, 4) is 0 Å². The van der Waals surface area contributed by atoms with Gasteiger partial charge in [-0.3, -0.25) is 4.79 Å². The van der Waals surface area contributed by atoms with Gasteiger partial charge in [-0.05, 0) is 29.7 Å². The van der Waals surface area contributed by atoms with Crippen molar-refractivity contribution in [1.29, 1.82) is 0 Å².